The Morgan fingerprint density at radius 1 is 1.19 bits per heavy atom. The zero-order valence-corrected chi connectivity index (χ0v) is 21.7. The Morgan fingerprint density at radius 3 is 2.61 bits per heavy atom. The third-order valence-corrected chi connectivity index (χ3v) is 8.41. The molecule has 4 bridgehead atoms. The second-order valence-electron chi connectivity index (χ2n) is 11.5. The first-order chi connectivity index (χ1) is 17.2. The first-order valence-corrected chi connectivity index (χ1v) is 13.1. The molecule has 5 unspecified atom stereocenters. The van der Waals surface area contributed by atoms with Gasteiger partial charge in [0.2, 0.25) is 11.8 Å². The van der Waals surface area contributed by atoms with Crippen molar-refractivity contribution in [2.24, 2.45) is 23.7 Å². The van der Waals surface area contributed by atoms with Crippen molar-refractivity contribution < 1.29 is 14.7 Å². The summed E-state index contributed by atoms with van der Waals surface area (Å²) in [5, 5.41) is 16.2. The molecule has 3 heterocycles. The van der Waals surface area contributed by atoms with E-state index < -0.39 is 5.54 Å². The van der Waals surface area contributed by atoms with Gasteiger partial charge in [0, 0.05) is 57.3 Å². The van der Waals surface area contributed by atoms with Gasteiger partial charge in [-0.25, -0.2) is 0 Å². The molecule has 0 radical (unpaired) electrons. The van der Waals surface area contributed by atoms with E-state index in [2.05, 4.69) is 58.5 Å². The summed E-state index contributed by atoms with van der Waals surface area (Å²) in [4.78, 5) is 31.7. The Kier molecular flexibility index (Phi) is 6.45. The predicted octanol–water partition coefficient (Wildman–Crippen LogP) is 3.13. The second-order valence-corrected chi connectivity index (χ2v) is 11.5. The first-order valence-electron chi connectivity index (χ1n) is 13.1. The Bertz CT molecular complexity index is 1130. The molecule has 6 rings (SSSR count). The summed E-state index contributed by atoms with van der Waals surface area (Å²) in [6, 6.07) is 15.5. The van der Waals surface area contributed by atoms with Crippen molar-refractivity contribution in [2.45, 2.75) is 51.4 Å². The number of piperidine rings is 2. The van der Waals surface area contributed by atoms with Crippen LogP contribution in [-0.4, -0.2) is 54.0 Å². The third kappa shape index (κ3) is 4.23. The Morgan fingerprint density at radius 2 is 1.94 bits per heavy atom. The average molecular weight is 491 g/mol. The van der Waals surface area contributed by atoms with E-state index in [4.69, 9.17) is 0 Å². The number of rotatable bonds is 8. The number of benzene rings is 2. The summed E-state index contributed by atoms with van der Waals surface area (Å²) >= 11 is 0. The maximum absolute atomic E-state index is 14.0. The summed E-state index contributed by atoms with van der Waals surface area (Å²) in [6.07, 6.45) is 1.68. The SMILES string of the molecule is CC(C)CC1C2CC3CN(Cc4ccc(N(C)C)cc4)C1C3(C(=O)NCc1cccc(O)c1)NC2=O. The standard InChI is InChI=1S/C29H38N4O3/c1-18(2)12-24-25-14-21-17-33(16-19-8-10-22(11-9-19)32(3)4)26(24)29(21,31-27(25)35)28(36)30-15-20-6-5-7-23(34)13-20/h5-11,13,18,21,24-26,34H,12,14-17H2,1-4H3,(H,30,36)(H,31,35). The lowest BCUT2D eigenvalue weighted by molar-refractivity contribution is -0.155. The zero-order chi connectivity index (χ0) is 25.6. The van der Waals surface area contributed by atoms with Crippen LogP contribution in [0.1, 0.15) is 37.8 Å². The van der Waals surface area contributed by atoms with Gasteiger partial charge in [0.1, 0.15) is 11.3 Å². The molecule has 5 atom stereocenters. The lowest BCUT2D eigenvalue weighted by Crippen LogP contribution is -2.77. The fourth-order valence-corrected chi connectivity index (χ4v) is 6.92. The number of anilines is 1. The van der Waals surface area contributed by atoms with Crippen molar-refractivity contribution in [3.05, 3.63) is 59.7 Å². The van der Waals surface area contributed by atoms with Crippen LogP contribution >= 0.6 is 0 Å². The molecule has 3 aliphatic heterocycles. The van der Waals surface area contributed by atoms with Gasteiger partial charge < -0.3 is 20.6 Å². The molecule has 2 amide bonds. The lowest BCUT2D eigenvalue weighted by atomic mass is 9.57. The van der Waals surface area contributed by atoms with Gasteiger partial charge in [-0.2, -0.15) is 0 Å². The van der Waals surface area contributed by atoms with Crippen LogP contribution in [0.25, 0.3) is 0 Å². The smallest absolute Gasteiger partial charge is 0.248 e. The van der Waals surface area contributed by atoms with Crippen LogP contribution in [0.4, 0.5) is 5.69 Å². The fraction of sp³-hybridized carbons (Fsp3) is 0.517. The number of likely N-dealkylation sites (tertiary alicyclic amines) is 1. The van der Waals surface area contributed by atoms with Crippen LogP contribution in [0.5, 0.6) is 5.75 Å². The van der Waals surface area contributed by atoms with Crippen LogP contribution in [0, 0.1) is 23.7 Å². The Labute approximate surface area is 213 Å². The van der Waals surface area contributed by atoms with E-state index in [1.807, 2.05) is 20.2 Å². The number of carbonyl (C=O) groups is 2. The number of phenols is 1. The van der Waals surface area contributed by atoms with Gasteiger partial charge in [-0.05, 0) is 60.1 Å². The van der Waals surface area contributed by atoms with E-state index in [1.54, 1.807) is 18.2 Å². The normalized spacial score (nSPS) is 28.9. The first kappa shape index (κ1) is 24.6. The van der Waals surface area contributed by atoms with Crippen molar-refractivity contribution in [1.29, 1.82) is 0 Å². The number of hydrogen-bond acceptors (Lipinski definition) is 5. The van der Waals surface area contributed by atoms with Gasteiger partial charge in [0.15, 0.2) is 0 Å². The van der Waals surface area contributed by atoms with Gasteiger partial charge in [0.25, 0.3) is 0 Å². The molecule has 0 aromatic heterocycles. The van der Waals surface area contributed by atoms with Crippen LogP contribution in [0.3, 0.4) is 0 Å². The number of fused-ring (bicyclic) bond motifs is 1. The number of amides is 2. The largest absolute Gasteiger partial charge is 0.508 e. The quantitative estimate of drug-likeness (QED) is 0.530. The average Bonchev–Trinajstić information content (AvgIpc) is 3.05. The van der Waals surface area contributed by atoms with E-state index >= 15 is 0 Å². The number of phenolic OH excluding ortho intramolecular Hbond substituents is 1. The molecule has 1 saturated carbocycles. The number of nitrogens with one attached hydrogen (secondary N) is 2. The minimum Gasteiger partial charge on any atom is -0.508 e. The summed E-state index contributed by atoms with van der Waals surface area (Å²) in [5.41, 5.74) is 2.28. The molecular formula is C29H38N4O3. The maximum atomic E-state index is 14.0. The van der Waals surface area contributed by atoms with Crippen molar-refractivity contribution in [1.82, 2.24) is 15.5 Å². The van der Waals surface area contributed by atoms with Crippen molar-refractivity contribution in [3.63, 3.8) is 0 Å². The maximum Gasteiger partial charge on any atom is 0.248 e. The van der Waals surface area contributed by atoms with Gasteiger partial charge in [-0.15, -0.1) is 0 Å². The van der Waals surface area contributed by atoms with Crippen LogP contribution in [-0.2, 0) is 22.7 Å². The number of nitrogens with zero attached hydrogens (tertiary/aromatic N) is 2. The molecule has 36 heavy (non-hydrogen) atoms. The topological polar surface area (TPSA) is 84.9 Å². The van der Waals surface area contributed by atoms with Crippen molar-refractivity contribution in [2.75, 3.05) is 25.5 Å². The zero-order valence-electron chi connectivity index (χ0n) is 21.7. The molecule has 4 aliphatic rings. The fourth-order valence-electron chi connectivity index (χ4n) is 6.92. The molecular weight excluding hydrogens is 452 g/mol. The molecule has 192 valence electrons. The van der Waals surface area contributed by atoms with Crippen LogP contribution < -0.4 is 15.5 Å². The van der Waals surface area contributed by atoms with Gasteiger partial charge in [0.05, 0.1) is 0 Å². The molecule has 0 spiro atoms. The predicted molar refractivity (Wildman–Crippen MR) is 140 cm³/mol. The highest BCUT2D eigenvalue weighted by atomic mass is 16.3. The van der Waals surface area contributed by atoms with Crippen LogP contribution in [0.15, 0.2) is 48.5 Å². The van der Waals surface area contributed by atoms with E-state index in [-0.39, 0.29) is 41.4 Å². The molecule has 2 aromatic rings. The molecule has 3 saturated heterocycles. The third-order valence-electron chi connectivity index (χ3n) is 8.41. The highest BCUT2D eigenvalue weighted by Crippen LogP contribution is 2.54. The van der Waals surface area contributed by atoms with E-state index in [0.29, 0.717) is 12.5 Å². The van der Waals surface area contributed by atoms with Crippen molar-refractivity contribution >= 4 is 17.5 Å². The van der Waals surface area contributed by atoms with Crippen LogP contribution in [0.2, 0.25) is 0 Å². The molecule has 7 heteroatoms. The monoisotopic (exact) mass is 490 g/mol. The lowest BCUT2D eigenvalue weighted by Gasteiger charge is -2.55. The molecule has 4 fully saturated rings. The molecule has 3 N–H and O–H groups in total. The second kappa shape index (κ2) is 9.43. The Hall–Kier alpha value is -3.06. The van der Waals surface area contributed by atoms with E-state index in [9.17, 15) is 14.7 Å². The van der Waals surface area contributed by atoms with Crippen molar-refractivity contribution in [3.8, 4) is 5.75 Å². The summed E-state index contributed by atoms with van der Waals surface area (Å²) in [6.45, 7) is 6.27. The highest BCUT2D eigenvalue weighted by molar-refractivity contribution is 5.97. The van der Waals surface area contributed by atoms with Gasteiger partial charge >= 0.3 is 0 Å². The van der Waals surface area contributed by atoms with Gasteiger partial charge in [-0.1, -0.05) is 38.1 Å². The van der Waals surface area contributed by atoms with Gasteiger partial charge in [-0.3, -0.25) is 14.5 Å². The Balaban J connectivity index is 1.44. The summed E-state index contributed by atoms with van der Waals surface area (Å²) in [5.74, 6) is 0.724. The summed E-state index contributed by atoms with van der Waals surface area (Å²) < 4.78 is 0. The van der Waals surface area contributed by atoms with E-state index in [0.717, 1.165) is 37.2 Å². The minimum atomic E-state index is -0.925. The highest BCUT2D eigenvalue weighted by Gasteiger charge is 2.70. The summed E-state index contributed by atoms with van der Waals surface area (Å²) in [7, 11) is 4.07. The molecule has 1 aliphatic carbocycles. The molecule has 2 aromatic carbocycles. The van der Waals surface area contributed by atoms with E-state index in [1.165, 1.54) is 5.56 Å². The molecule has 7 nitrogen and oxygen atoms in total. The number of aromatic hydroxyl groups is 1. The number of carbonyl (C=O) groups excluding carboxylic acids is 2. The minimum absolute atomic E-state index is 0.0258. The number of hydrogen-bond donors (Lipinski definition) is 3.